The summed E-state index contributed by atoms with van der Waals surface area (Å²) >= 11 is 0. The fraction of sp³-hybridized carbons (Fsp3) is 0.333. The Balaban J connectivity index is 1.42. The van der Waals surface area contributed by atoms with E-state index in [0.29, 0.717) is 24.3 Å². The molecule has 4 unspecified atom stereocenters. The molecule has 1 heterocycles. The van der Waals surface area contributed by atoms with Crippen LogP contribution in [-0.4, -0.2) is 40.7 Å². The van der Waals surface area contributed by atoms with Crippen molar-refractivity contribution in [3.63, 3.8) is 0 Å². The third-order valence-corrected chi connectivity index (χ3v) is 8.89. The Kier molecular flexibility index (Phi) is 6.91. The Hall–Kier alpha value is -3.08. The smallest absolute Gasteiger partial charge is 0.393 e. The molecule has 10 heteroatoms. The van der Waals surface area contributed by atoms with Crippen molar-refractivity contribution in [3.05, 3.63) is 78.4 Å². The second-order valence-electron chi connectivity index (χ2n) is 9.27. The van der Waals surface area contributed by atoms with Crippen LogP contribution in [0.4, 0.5) is 24.5 Å². The standard InChI is InChI=1S/C27H28F3N3O3S/c1-31-37(35,19-15-13-18(14-16-19)17-27(28,29)30)32-20-7-6-10-23(26(20)34)33-21-8-2-4-11-24(21)36-25-12-5-3-9-22(25)33/h2-5,8-9,11-16,20,23,26,34H,6-7,10,17H2,1H3,(H,31,32,35). The zero-order chi connectivity index (χ0) is 26.2. The third-order valence-electron chi connectivity index (χ3n) is 6.84. The van der Waals surface area contributed by atoms with Crippen LogP contribution >= 0.6 is 0 Å². The van der Waals surface area contributed by atoms with Gasteiger partial charge in [-0.05, 0) is 61.2 Å². The Labute approximate surface area is 214 Å². The molecule has 1 fully saturated rings. The van der Waals surface area contributed by atoms with Gasteiger partial charge < -0.3 is 14.7 Å². The lowest BCUT2D eigenvalue weighted by Crippen LogP contribution is -2.56. The molecule has 1 aliphatic heterocycles. The van der Waals surface area contributed by atoms with Gasteiger partial charge in [0, 0.05) is 13.1 Å². The molecule has 3 aromatic rings. The maximum atomic E-state index is 13.8. The number of benzene rings is 3. The lowest BCUT2D eigenvalue weighted by molar-refractivity contribution is -0.127. The zero-order valence-corrected chi connectivity index (χ0v) is 21.0. The molecule has 0 bridgehead atoms. The van der Waals surface area contributed by atoms with Gasteiger partial charge in [-0.3, -0.25) is 0 Å². The van der Waals surface area contributed by atoms with Gasteiger partial charge in [0.05, 0.1) is 34.8 Å². The van der Waals surface area contributed by atoms with E-state index in [2.05, 4.69) is 14.0 Å². The van der Waals surface area contributed by atoms with Gasteiger partial charge in [0.2, 0.25) is 0 Å². The summed E-state index contributed by atoms with van der Waals surface area (Å²) in [5, 5.41) is 11.6. The molecule has 3 aromatic carbocycles. The van der Waals surface area contributed by atoms with Gasteiger partial charge in [-0.15, -0.1) is 0 Å². The van der Waals surface area contributed by atoms with Gasteiger partial charge in [-0.2, -0.15) is 13.2 Å². The molecule has 0 radical (unpaired) electrons. The second-order valence-corrected chi connectivity index (χ2v) is 11.4. The molecule has 2 aliphatic rings. The summed E-state index contributed by atoms with van der Waals surface area (Å²) in [5.74, 6) is 1.38. The van der Waals surface area contributed by atoms with Crippen LogP contribution in [0.2, 0.25) is 0 Å². The van der Waals surface area contributed by atoms with Gasteiger partial charge in [0.15, 0.2) is 11.5 Å². The lowest BCUT2D eigenvalue weighted by Gasteiger charge is -2.45. The largest absolute Gasteiger partial charge is 0.453 e. The molecular weight excluding hydrogens is 503 g/mol. The summed E-state index contributed by atoms with van der Waals surface area (Å²) in [6.45, 7) is 0. The average molecular weight is 532 g/mol. The summed E-state index contributed by atoms with van der Waals surface area (Å²) < 4.78 is 65.3. The van der Waals surface area contributed by atoms with E-state index < -0.39 is 34.7 Å². The number of nitrogens with one attached hydrogen (secondary N) is 1. The predicted octanol–water partition coefficient (Wildman–Crippen LogP) is 5.98. The Morgan fingerprint density at radius 1 is 1.00 bits per heavy atom. The first kappa shape index (κ1) is 25.6. The van der Waals surface area contributed by atoms with Crippen LogP contribution in [0.3, 0.4) is 0 Å². The third kappa shape index (κ3) is 5.18. The highest BCUT2D eigenvalue weighted by Gasteiger charge is 2.40. The van der Waals surface area contributed by atoms with Crippen molar-refractivity contribution >= 4 is 21.3 Å². The first-order valence-corrected chi connectivity index (χ1v) is 13.6. The molecule has 0 aromatic heterocycles. The molecule has 4 atom stereocenters. The summed E-state index contributed by atoms with van der Waals surface area (Å²) in [4.78, 5) is 2.36. The van der Waals surface area contributed by atoms with Gasteiger partial charge >= 0.3 is 6.18 Å². The van der Waals surface area contributed by atoms with Crippen LogP contribution in [0.25, 0.3) is 0 Å². The first-order chi connectivity index (χ1) is 17.7. The minimum Gasteiger partial charge on any atom is -0.453 e. The summed E-state index contributed by atoms with van der Waals surface area (Å²) in [6.07, 6.45) is -4.24. The van der Waals surface area contributed by atoms with E-state index in [0.717, 1.165) is 17.8 Å². The number of aliphatic hydroxyl groups excluding tert-OH is 1. The van der Waals surface area contributed by atoms with E-state index in [4.69, 9.17) is 4.74 Å². The second kappa shape index (κ2) is 10.00. The number of nitrogens with zero attached hydrogens (tertiary/aromatic N) is 2. The van der Waals surface area contributed by atoms with Gasteiger partial charge in [0.1, 0.15) is 9.92 Å². The normalized spacial score (nSPS) is 22.8. The number of halogens is 3. The molecule has 37 heavy (non-hydrogen) atoms. The quantitative estimate of drug-likeness (QED) is 0.425. The van der Waals surface area contributed by atoms with E-state index in [1.165, 1.54) is 31.3 Å². The average Bonchev–Trinajstić information content (AvgIpc) is 2.88. The number of anilines is 2. The zero-order valence-electron chi connectivity index (χ0n) is 20.2. The molecule has 1 aliphatic carbocycles. The SMILES string of the molecule is CN=S(=O)(NC1CCCC(N2c3ccccc3Oc3ccccc32)C1O)c1ccc(CC(F)(F)F)cc1. The molecule has 5 rings (SSSR count). The Morgan fingerprint density at radius 3 is 2.16 bits per heavy atom. The van der Waals surface area contributed by atoms with Crippen LogP contribution in [0.15, 0.2) is 82.1 Å². The number of hydrogen-bond donors (Lipinski definition) is 2. The number of para-hydroxylation sites is 4. The Morgan fingerprint density at radius 2 is 1.59 bits per heavy atom. The molecule has 0 spiro atoms. The maximum Gasteiger partial charge on any atom is 0.393 e. The van der Waals surface area contributed by atoms with Crippen LogP contribution in [0, 0.1) is 0 Å². The highest BCUT2D eigenvalue weighted by molar-refractivity contribution is 7.91. The summed E-state index contributed by atoms with van der Waals surface area (Å²) in [7, 11) is -1.78. The monoisotopic (exact) mass is 531 g/mol. The fourth-order valence-electron chi connectivity index (χ4n) is 5.11. The number of fused-ring (bicyclic) bond motifs is 2. The molecule has 196 valence electrons. The van der Waals surface area contributed by atoms with E-state index in [-0.39, 0.29) is 16.5 Å². The van der Waals surface area contributed by atoms with Gasteiger partial charge in [-0.1, -0.05) is 36.4 Å². The highest BCUT2D eigenvalue weighted by Crippen LogP contribution is 2.49. The van der Waals surface area contributed by atoms with Crippen molar-refractivity contribution in [2.24, 2.45) is 4.36 Å². The van der Waals surface area contributed by atoms with Crippen LogP contribution in [0.1, 0.15) is 24.8 Å². The van der Waals surface area contributed by atoms with Crippen molar-refractivity contribution in [3.8, 4) is 11.5 Å². The van der Waals surface area contributed by atoms with Crippen LogP contribution < -0.4 is 14.4 Å². The minimum atomic E-state index is -4.33. The molecule has 0 saturated heterocycles. The summed E-state index contributed by atoms with van der Waals surface area (Å²) in [5.41, 5.74) is 1.76. The topological polar surface area (TPSA) is 74.2 Å². The van der Waals surface area contributed by atoms with E-state index in [1.54, 1.807) is 0 Å². The highest BCUT2D eigenvalue weighted by atomic mass is 32.2. The van der Waals surface area contributed by atoms with Crippen molar-refractivity contribution in [1.29, 1.82) is 0 Å². The van der Waals surface area contributed by atoms with Crippen molar-refractivity contribution in [1.82, 2.24) is 4.72 Å². The Bertz CT molecular complexity index is 1340. The summed E-state index contributed by atoms with van der Waals surface area (Å²) in [6, 6.07) is 19.9. The molecule has 0 amide bonds. The maximum absolute atomic E-state index is 13.8. The van der Waals surface area contributed by atoms with Crippen LogP contribution in [-0.2, 0) is 16.3 Å². The number of alkyl halides is 3. The predicted molar refractivity (Wildman–Crippen MR) is 137 cm³/mol. The van der Waals surface area contributed by atoms with E-state index in [9.17, 15) is 22.5 Å². The number of ether oxygens (including phenoxy) is 1. The molecular formula is C27H28F3N3O3S. The lowest BCUT2D eigenvalue weighted by atomic mass is 9.86. The van der Waals surface area contributed by atoms with Crippen molar-refractivity contribution < 1.29 is 27.2 Å². The number of hydrogen-bond acceptors (Lipinski definition) is 5. The molecule has 6 nitrogen and oxygen atoms in total. The number of aliphatic hydroxyl groups is 1. The van der Waals surface area contributed by atoms with Gasteiger partial charge in [-0.25, -0.2) is 13.3 Å². The van der Waals surface area contributed by atoms with Crippen molar-refractivity contribution in [2.45, 2.75) is 54.9 Å². The molecule has 1 saturated carbocycles. The van der Waals surface area contributed by atoms with Crippen LogP contribution in [0.5, 0.6) is 11.5 Å². The molecule has 2 N–H and O–H groups in total. The van der Waals surface area contributed by atoms with Gasteiger partial charge in [0.25, 0.3) is 0 Å². The first-order valence-electron chi connectivity index (χ1n) is 12.1. The minimum absolute atomic E-state index is 0.0801. The van der Waals surface area contributed by atoms with E-state index >= 15 is 0 Å². The van der Waals surface area contributed by atoms with Crippen molar-refractivity contribution in [2.75, 3.05) is 11.9 Å². The number of rotatable bonds is 5. The fourth-order valence-corrected chi connectivity index (χ4v) is 6.74. The van der Waals surface area contributed by atoms with E-state index in [1.807, 2.05) is 48.5 Å².